The Hall–Kier alpha value is -1.42. The van der Waals surface area contributed by atoms with Gasteiger partial charge in [-0.15, -0.1) is 0 Å². The normalized spacial score (nSPS) is 15.9. The molecule has 1 saturated heterocycles. The number of rotatable bonds is 2. The van der Waals surface area contributed by atoms with E-state index in [9.17, 15) is 13.2 Å². The molecule has 1 aliphatic heterocycles. The average Bonchev–Trinajstić information content (AvgIpc) is 2.88. The Morgan fingerprint density at radius 3 is 2.04 bits per heavy atom. The number of hydrogen-bond donors (Lipinski definition) is 0. The van der Waals surface area contributed by atoms with Gasteiger partial charge < -0.3 is 9.80 Å². The lowest BCUT2D eigenvalue weighted by atomic mass is 10.3. The molecule has 10 heteroatoms. The molecule has 0 atom stereocenters. The molecule has 5 nitrogen and oxygen atoms in total. The van der Waals surface area contributed by atoms with Gasteiger partial charge in [-0.2, -0.15) is 13.2 Å². The van der Waals surface area contributed by atoms with Gasteiger partial charge >= 0.3 is 6.18 Å². The van der Waals surface area contributed by atoms with Gasteiger partial charge in [0.25, 0.3) is 0 Å². The molecule has 0 bridgehead atoms. The zero-order chi connectivity index (χ0) is 17.5. The van der Waals surface area contributed by atoms with E-state index in [0.29, 0.717) is 37.3 Å². The number of thiazole rings is 1. The Balaban J connectivity index is 1.71. The van der Waals surface area contributed by atoms with Crippen LogP contribution in [0.3, 0.4) is 0 Å². The van der Waals surface area contributed by atoms with Crippen molar-refractivity contribution in [3.63, 3.8) is 0 Å². The van der Waals surface area contributed by atoms with Crippen LogP contribution in [-0.4, -0.2) is 41.1 Å². The third-order valence-corrected chi connectivity index (χ3v) is 5.41. The average molecular weight is 422 g/mol. The van der Waals surface area contributed by atoms with Crippen LogP contribution >= 0.6 is 27.3 Å². The van der Waals surface area contributed by atoms with Crippen LogP contribution in [0.1, 0.15) is 17.1 Å². The number of piperazine rings is 1. The maximum absolute atomic E-state index is 12.9. The molecule has 0 aliphatic carbocycles. The summed E-state index contributed by atoms with van der Waals surface area (Å²) in [5.74, 6) is 0.670. The van der Waals surface area contributed by atoms with Crippen LogP contribution in [0.15, 0.2) is 9.85 Å². The number of anilines is 2. The summed E-state index contributed by atoms with van der Waals surface area (Å²) < 4.78 is 38.6. The van der Waals surface area contributed by atoms with Gasteiger partial charge in [-0.1, -0.05) is 11.3 Å². The number of nitrogens with zero attached hydrogens (tertiary/aromatic N) is 5. The zero-order valence-electron chi connectivity index (χ0n) is 13.1. The van der Waals surface area contributed by atoms with Crippen molar-refractivity contribution in [2.24, 2.45) is 0 Å². The third kappa shape index (κ3) is 3.64. The lowest BCUT2D eigenvalue weighted by Crippen LogP contribution is -2.47. The van der Waals surface area contributed by atoms with E-state index in [0.717, 1.165) is 22.7 Å². The molecule has 0 N–H and O–H groups in total. The highest BCUT2D eigenvalue weighted by Gasteiger charge is 2.38. The summed E-state index contributed by atoms with van der Waals surface area (Å²) in [7, 11) is 0. The first-order valence-corrected chi connectivity index (χ1v) is 8.90. The largest absolute Gasteiger partial charge is 0.435 e. The first-order valence-electron chi connectivity index (χ1n) is 7.30. The van der Waals surface area contributed by atoms with Crippen molar-refractivity contribution in [3.05, 3.63) is 26.9 Å². The van der Waals surface area contributed by atoms with Crippen molar-refractivity contribution in [1.82, 2.24) is 15.0 Å². The number of alkyl halides is 3. The monoisotopic (exact) mass is 421 g/mol. The standard InChI is InChI=1S/C14H15BrF3N5S/c1-8-7-9(2)20-12(19-8)22-3-5-23(6-4-22)13-21-10(11(15)24-13)14(16,17)18/h7H,3-6H2,1-2H3. The minimum absolute atomic E-state index is 0.0186. The first-order chi connectivity index (χ1) is 11.2. The van der Waals surface area contributed by atoms with E-state index >= 15 is 0 Å². The van der Waals surface area contributed by atoms with Crippen molar-refractivity contribution in [2.75, 3.05) is 36.0 Å². The highest BCUT2D eigenvalue weighted by molar-refractivity contribution is 9.11. The van der Waals surface area contributed by atoms with Crippen LogP contribution in [0.5, 0.6) is 0 Å². The number of halogens is 4. The van der Waals surface area contributed by atoms with Gasteiger partial charge in [0.1, 0.15) is 3.79 Å². The van der Waals surface area contributed by atoms with Crippen molar-refractivity contribution < 1.29 is 13.2 Å². The zero-order valence-corrected chi connectivity index (χ0v) is 15.5. The van der Waals surface area contributed by atoms with E-state index in [4.69, 9.17) is 0 Å². The summed E-state index contributed by atoms with van der Waals surface area (Å²) in [4.78, 5) is 16.5. The molecule has 0 aromatic carbocycles. The van der Waals surface area contributed by atoms with Crippen molar-refractivity contribution in [1.29, 1.82) is 0 Å². The van der Waals surface area contributed by atoms with E-state index in [1.165, 1.54) is 0 Å². The summed E-state index contributed by atoms with van der Waals surface area (Å²) in [5, 5.41) is 0.384. The van der Waals surface area contributed by atoms with Crippen molar-refractivity contribution >= 4 is 38.3 Å². The second-order valence-electron chi connectivity index (χ2n) is 5.54. The summed E-state index contributed by atoms with van der Waals surface area (Å²) >= 11 is 3.97. The minimum Gasteiger partial charge on any atom is -0.345 e. The molecule has 3 heterocycles. The Morgan fingerprint density at radius 2 is 1.54 bits per heavy atom. The summed E-state index contributed by atoms with van der Waals surface area (Å²) in [5.41, 5.74) is 0.944. The fourth-order valence-electron chi connectivity index (χ4n) is 2.55. The molecule has 2 aromatic heterocycles. The van der Waals surface area contributed by atoms with Crippen LogP contribution in [-0.2, 0) is 6.18 Å². The van der Waals surface area contributed by atoms with Crippen molar-refractivity contribution in [3.8, 4) is 0 Å². The van der Waals surface area contributed by atoms with E-state index < -0.39 is 11.9 Å². The van der Waals surface area contributed by atoms with Crippen LogP contribution in [0.4, 0.5) is 24.3 Å². The van der Waals surface area contributed by atoms with E-state index in [2.05, 4.69) is 30.9 Å². The van der Waals surface area contributed by atoms with E-state index in [1.807, 2.05) is 29.7 Å². The van der Waals surface area contributed by atoms with Gasteiger partial charge in [-0.05, 0) is 35.8 Å². The highest BCUT2D eigenvalue weighted by atomic mass is 79.9. The molecule has 0 radical (unpaired) electrons. The third-order valence-electron chi connectivity index (χ3n) is 3.65. The molecule has 0 spiro atoms. The molecule has 2 aromatic rings. The summed E-state index contributed by atoms with van der Waals surface area (Å²) in [6.07, 6.45) is -4.44. The Morgan fingerprint density at radius 1 is 1.00 bits per heavy atom. The van der Waals surface area contributed by atoms with Crippen LogP contribution in [0.25, 0.3) is 0 Å². The molecule has 0 amide bonds. The maximum Gasteiger partial charge on any atom is 0.435 e. The second-order valence-corrected chi connectivity index (χ2v) is 7.84. The van der Waals surface area contributed by atoms with Gasteiger partial charge in [0.2, 0.25) is 5.95 Å². The van der Waals surface area contributed by atoms with Gasteiger partial charge in [-0.3, -0.25) is 0 Å². The molecule has 130 valence electrons. The highest BCUT2D eigenvalue weighted by Crippen LogP contribution is 2.40. The molecule has 24 heavy (non-hydrogen) atoms. The van der Waals surface area contributed by atoms with Gasteiger partial charge in [0.15, 0.2) is 10.8 Å². The fourth-order valence-corrected chi connectivity index (χ4v) is 4.16. The molecular weight excluding hydrogens is 407 g/mol. The lowest BCUT2D eigenvalue weighted by Gasteiger charge is -2.34. The van der Waals surface area contributed by atoms with Gasteiger partial charge in [-0.25, -0.2) is 15.0 Å². The molecule has 1 fully saturated rings. The van der Waals surface area contributed by atoms with E-state index in [1.54, 1.807) is 0 Å². The number of aromatic nitrogens is 3. The molecule has 0 saturated carbocycles. The smallest absolute Gasteiger partial charge is 0.345 e. The van der Waals surface area contributed by atoms with Gasteiger partial charge in [0.05, 0.1) is 0 Å². The lowest BCUT2D eigenvalue weighted by molar-refractivity contribution is -0.141. The maximum atomic E-state index is 12.9. The topological polar surface area (TPSA) is 45.2 Å². The second kappa shape index (κ2) is 6.47. The molecule has 0 unspecified atom stereocenters. The number of hydrogen-bond acceptors (Lipinski definition) is 6. The Labute approximate surface area is 149 Å². The quantitative estimate of drug-likeness (QED) is 0.740. The minimum atomic E-state index is -4.44. The van der Waals surface area contributed by atoms with Crippen LogP contribution < -0.4 is 9.80 Å². The molecular formula is C14H15BrF3N5S. The molecule has 3 rings (SSSR count). The predicted molar refractivity (Wildman–Crippen MR) is 90.7 cm³/mol. The fraction of sp³-hybridized carbons (Fsp3) is 0.500. The Bertz CT molecular complexity index is 720. The Kier molecular flexibility index (Phi) is 4.69. The summed E-state index contributed by atoms with van der Waals surface area (Å²) in [6, 6.07) is 1.91. The number of aryl methyl sites for hydroxylation is 2. The van der Waals surface area contributed by atoms with Crippen LogP contribution in [0.2, 0.25) is 0 Å². The van der Waals surface area contributed by atoms with Gasteiger partial charge in [0, 0.05) is 37.6 Å². The predicted octanol–water partition coefficient (Wildman–Crippen LogP) is 3.66. The SMILES string of the molecule is Cc1cc(C)nc(N2CCN(c3nc(C(F)(F)F)c(Br)s3)CC2)n1. The summed E-state index contributed by atoms with van der Waals surface area (Å²) in [6.45, 7) is 6.27. The van der Waals surface area contributed by atoms with Crippen molar-refractivity contribution in [2.45, 2.75) is 20.0 Å². The molecule has 1 aliphatic rings. The van der Waals surface area contributed by atoms with Crippen LogP contribution in [0, 0.1) is 13.8 Å². The first kappa shape index (κ1) is 17.4. The van der Waals surface area contributed by atoms with E-state index in [-0.39, 0.29) is 3.79 Å².